The van der Waals surface area contributed by atoms with Crippen molar-refractivity contribution in [3.05, 3.63) is 41.4 Å². The smallest absolute Gasteiger partial charge is 0.137 e. The monoisotopic (exact) mass is 284 g/mol. The van der Waals surface area contributed by atoms with Gasteiger partial charge in [-0.15, -0.1) is 6.58 Å². The van der Waals surface area contributed by atoms with Crippen LogP contribution in [0.3, 0.4) is 0 Å². The quantitative estimate of drug-likeness (QED) is 0.554. The molecule has 0 aliphatic heterocycles. The largest absolute Gasteiger partial charge is 0.492 e. The maximum atomic E-state index is 9.31. The highest BCUT2D eigenvalue weighted by Crippen LogP contribution is 2.29. The van der Waals surface area contributed by atoms with Crippen LogP contribution in [0.4, 0.5) is 0 Å². The molecule has 4 heteroatoms. The Morgan fingerprint density at radius 3 is 2.84 bits per heavy atom. The van der Waals surface area contributed by atoms with E-state index in [1.807, 2.05) is 12.1 Å². The average Bonchev–Trinajstić information content (AvgIpc) is 2.42. The van der Waals surface area contributed by atoms with E-state index in [9.17, 15) is 5.11 Å². The molecule has 1 unspecified atom stereocenters. The predicted molar refractivity (Wildman–Crippen MR) is 77.8 cm³/mol. The van der Waals surface area contributed by atoms with Crippen LogP contribution in [0.5, 0.6) is 5.75 Å². The Morgan fingerprint density at radius 1 is 1.47 bits per heavy atom. The third kappa shape index (κ3) is 5.23. The summed E-state index contributed by atoms with van der Waals surface area (Å²) in [5, 5.41) is 9.84. The molecule has 0 heterocycles. The molecule has 0 saturated carbocycles. The zero-order valence-corrected chi connectivity index (χ0v) is 12.0. The van der Waals surface area contributed by atoms with Crippen molar-refractivity contribution in [1.82, 2.24) is 0 Å². The molecule has 0 bridgehead atoms. The maximum Gasteiger partial charge on any atom is 0.137 e. The standard InChI is InChI=1S/C15H21ClO3/c1-3-5-9-19-14-7-6-12(10-13(14)16)15(11-17)18-8-4-2/h4,6-7,10,15,17H,2-3,5,8-9,11H2,1H3. The van der Waals surface area contributed by atoms with Gasteiger partial charge in [-0.2, -0.15) is 0 Å². The van der Waals surface area contributed by atoms with Crippen LogP contribution in [0.1, 0.15) is 31.4 Å². The molecule has 0 spiro atoms. The number of halogens is 1. The van der Waals surface area contributed by atoms with Crippen LogP contribution in [0.25, 0.3) is 0 Å². The van der Waals surface area contributed by atoms with Crippen molar-refractivity contribution in [1.29, 1.82) is 0 Å². The Kier molecular flexibility index (Phi) is 7.56. The summed E-state index contributed by atoms with van der Waals surface area (Å²) in [5.41, 5.74) is 0.831. The lowest BCUT2D eigenvalue weighted by atomic mass is 10.1. The predicted octanol–water partition coefficient (Wildman–Crippen LogP) is 3.75. The summed E-state index contributed by atoms with van der Waals surface area (Å²) in [5.74, 6) is 0.666. The number of benzene rings is 1. The van der Waals surface area contributed by atoms with Gasteiger partial charge in [0.1, 0.15) is 11.9 Å². The molecule has 1 aromatic rings. The number of aliphatic hydroxyl groups excluding tert-OH is 1. The number of ether oxygens (including phenoxy) is 2. The first kappa shape index (κ1) is 16.0. The second-order valence-electron chi connectivity index (χ2n) is 4.19. The van der Waals surface area contributed by atoms with E-state index in [1.165, 1.54) is 0 Å². The van der Waals surface area contributed by atoms with E-state index in [1.54, 1.807) is 12.1 Å². The number of hydrogen-bond donors (Lipinski definition) is 1. The highest BCUT2D eigenvalue weighted by atomic mass is 35.5. The van der Waals surface area contributed by atoms with E-state index >= 15 is 0 Å². The Balaban J connectivity index is 2.70. The molecule has 106 valence electrons. The summed E-state index contributed by atoms with van der Waals surface area (Å²) in [6, 6.07) is 5.44. The van der Waals surface area contributed by atoms with Crippen LogP contribution in [-0.2, 0) is 4.74 Å². The molecule has 1 N–H and O–H groups in total. The van der Waals surface area contributed by atoms with Crippen LogP contribution < -0.4 is 4.74 Å². The third-order valence-electron chi connectivity index (χ3n) is 2.66. The lowest BCUT2D eigenvalue weighted by molar-refractivity contribution is 0.0275. The molecule has 0 saturated heterocycles. The summed E-state index contributed by atoms with van der Waals surface area (Å²) in [7, 11) is 0. The van der Waals surface area contributed by atoms with Gasteiger partial charge in [-0.1, -0.05) is 37.1 Å². The molecule has 0 aromatic heterocycles. The second-order valence-corrected chi connectivity index (χ2v) is 4.59. The van der Waals surface area contributed by atoms with Crippen LogP contribution in [0, 0.1) is 0 Å². The molecule has 1 atom stereocenters. The van der Waals surface area contributed by atoms with Gasteiger partial charge in [0.05, 0.1) is 24.8 Å². The Labute approximate surface area is 119 Å². The van der Waals surface area contributed by atoms with Crippen molar-refractivity contribution < 1.29 is 14.6 Å². The Hall–Kier alpha value is -1.03. The van der Waals surface area contributed by atoms with Crippen LogP contribution in [0.2, 0.25) is 5.02 Å². The first-order valence-corrected chi connectivity index (χ1v) is 6.86. The Bertz CT molecular complexity index is 393. The minimum Gasteiger partial charge on any atom is -0.492 e. The second kappa shape index (κ2) is 8.97. The summed E-state index contributed by atoms with van der Waals surface area (Å²) in [4.78, 5) is 0. The highest BCUT2D eigenvalue weighted by Gasteiger charge is 2.12. The highest BCUT2D eigenvalue weighted by molar-refractivity contribution is 6.32. The van der Waals surface area contributed by atoms with Gasteiger partial charge in [-0.3, -0.25) is 0 Å². The van der Waals surface area contributed by atoms with E-state index in [-0.39, 0.29) is 12.7 Å². The molecule has 0 aliphatic rings. The van der Waals surface area contributed by atoms with E-state index in [2.05, 4.69) is 13.5 Å². The van der Waals surface area contributed by atoms with Gasteiger partial charge in [0, 0.05) is 0 Å². The van der Waals surface area contributed by atoms with Crippen LogP contribution in [-0.4, -0.2) is 24.9 Å². The lowest BCUT2D eigenvalue weighted by Crippen LogP contribution is -2.09. The first-order valence-electron chi connectivity index (χ1n) is 6.48. The Morgan fingerprint density at radius 2 is 2.26 bits per heavy atom. The van der Waals surface area contributed by atoms with Crippen LogP contribution >= 0.6 is 11.6 Å². The van der Waals surface area contributed by atoms with Gasteiger partial charge in [0.15, 0.2) is 0 Å². The number of unbranched alkanes of at least 4 members (excludes halogenated alkanes) is 1. The molecular formula is C15H21ClO3. The van der Waals surface area contributed by atoms with Crippen molar-refractivity contribution in [2.75, 3.05) is 19.8 Å². The minimum absolute atomic E-state index is 0.0970. The molecule has 1 aromatic carbocycles. The summed E-state index contributed by atoms with van der Waals surface area (Å²) in [6.07, 6.45) is 3.34. The van der Waals surface area contributed by atoms with Gasteiger partial charge in [0.25, 0.3) is 0 Å². The summed E-state index contributed by atoms with van der Waals surface area (Å²) in [6.45, 7) is 6.64. The summed E-state index contributed by atoms with van der Waals surface area (Å²) < 4.78 is 11.0. The van der Waals surface area contributed by atoms with E-state index in [0.717, 1.165) is 18.4 Å². The molecule has 1 rings (SSSR count). The lowest BCUT2D eigenvalue weighted by Gasteiger charge is -2.16. The van der Waals surface area contributed by atoms with Crippen molar-refractivity contribution in [3.8, 4) is 5.75 Å². The van der Waals surface area contributed by atoms with E-state index < -0.39 is 0 Å². The topological polar surface area (TPSA) is 38.7 Å². The molecular weight excluding hydrogens is 264 g/mol. The maximum absolute atomic E-state index is 9.31. The molecule has 3 nitrogen and oxygen atoms in total. The number of aliphatic hydroxyl groups is 1. The van der Waals surface area contributed by atoms with Gasteiger partial charge in [0.2, 0.25) is 0 Å². The fourth-order valence-corrected chi connectivity index (χ4v) is 1.84. The van der Waals surface area contributed by atoms with Gasteiger partial charge in [-0.05, 0) is 24.1 Å². The SMILES string of the molecule is C=CCOC(CO)c1ccc(OCCCC)c(Cl)c1. The van der Waals surface area contributed by atoms with E-state index in [0.29, 0.717) is 24.0 Å². The van der Waals surface area contributed by atoms with Crippen molar-refractivity contribution in [3.63, 3.8) is 0 Å². The normalized spacial score (nSPS) is 12.2. The van der Waals surface area contributed by atoms with Gasteiger partial charge < -0.3 is 14.6 Å². The minimum atomic E-state index is -0.389. The number of hydrogen-bond acceptors (Lipinski definition) is 3. The molecule has 0 radical (unpaired) electrons. The zero-order valence-electron chi connectivity index (χ0n) is 11.3. The molecule has 0 fully saturated rings. The average molecular weight is 285 g/mol. The third-order valence-corrected chi connectivity index (χ3v) is 2.96. The fraction of sp³-hybridized carbons (Fsp3) is 0.467. The van der Waals surface area contributed by atoms with Gasteiger partial charge in [-0.25, -0.2) is 0 Å². The van der Waals surface area contributed by atoms with Gasteiger partial charge >= 0.3 is 0 Å². The zero-order chi connectivity index (χ0) is 14.1. The summed E-state index contributed by atoms with van der Waals surface area (Å²) >= 11 is 6.16. The molecule has 19 heavy (non-hydrogen) atoms. The molecule has 0 aliphatic carbocycles. The molecule has 0 amide bonds. The van der Waals surface area contributed by atoms with Crippen molar-refractivity contribution >= 4 is 11.6 Å². The van der Waals surface area contributed by atoms with Crippen molar-refractivity contribution in [2.45, 2.75) is 25.9 Å². The fourth-order valence-electron chi connectivity index (χ4n) is 1.60. The van der Waals surface area contributed by atoms with E-state index in [4.69, 9.17) is 21.1 Å². The first-order chi connectivity index (χ1) is 9.22. The van der Waals surface area contributed by atoms with Crippen LogP contribution in [0.15, 0.2) is 30.9 Å². The van der Waals surface area contributed by atoms with Crippen molar-refractivity contribution in [2.24, 2.45) is 0 Å². The number of rotatable bonds is 9.